The lowest BCUT2D eigenvalue weighted by Gasteiger charge is -2.36. The zero-order valence-electron chi connectivity index (χ0n) is 11.8. The summed E-state index contributed by atoms with van der Waals surface area (Å²) in [5.74, 6) is 2.30. The van der Waals surface area contributed by atoms with Gasteiger partial charge in [0.2, 0.25) is 0 Å². The molecule has 0 unspecified atom stereocenters. The van der Waals surface area contributed by atoms with E-state index < -0.39 is 6.10 Å². The number of hydrogen-bond donors (Lipinski definition) is 1. The third-order valence-electron chi connectivity index (χ3n) is 4.13. The van der Waals surface area contributed by atoms with Crippen LogP contribution in [0.25, 0.3) is 0 Å². The third-order valence-corrected chi connectivity index (χ3v) is 4.13. The van der Waals surface area contributed by atoms with Crippen LogP contribution in [0.5, 0.6) is 0 Å². The first-order valence-electron chi connectivity index (χ1n) is 6.89. The number of hydrogen-bond acceptors (Lipinski definition) is 4. The van der Waals surface area contributed by atoms with Crippen LogP contribution in [0.4, 0.5) is 0 Å². The predicted molar refractivity (Wildman–Crippen MR) is 69.1 cm³/mol. The molecule has 0 bridgehead atoms. The summed E-state index contributed by atoms with van der Waals surface area (Å²) < 4.78 is 5.06. The van der Waals surface area contributed by atoms with E-state index >= 15 is 0 Å². The molecular weight excluding hydrogens is 228 g/mol. The standard InChI is InChI=1S/C14H24N2O2/c1-9(17)13-15-12(16-18-13)10-5-7-11(8-6-10)14(2,3)4/h9-11,17H,5-8H2,1-4H3/t9-,10?,11?/m1/s1. The Balaban J connectivity index is 1.97. The highest BCUT2D eigenvalue weighted by Crippen LogP contribution is 2.42. The zero-order valence-corrected chi connectivity index (χ0v) is 11.8. The second kappa shape index (κ2) is 5.00. The number of aliphatic hydroxyl groups excluding tert-OH is 1. The Hall–Kier alpha value is -0.900. The van der Waals surface area contributed by atoms with Crippen LogP contribution in [-0.2, 0) is 0 Å². The summed E-state index contributed by atoms with van der Waals surface area (Å²) in [7, 11) is 0. The summed E-state index contributed by atoms with van der Waals surface area (Å²) in [5, 5.41) is 13.4. The van der Waals surface area contributed by atoms with Crippen molar-refractivity contribution in [2.24, 2.45) is 11.3 Å². The molecule has 0 amide bonds. The molecule has 1 aliphatic carbocycles. The molecule has 1 aromatic heterocycles. The minimum atomic E-state index is -0.669. The van der Waals surface area contributed by atoms with E-state index in [1.807, 2.05) is 0 Å². The smallest absolute Gasteiger partial charge is 0.255 e. The van der Waals surface area contributed by atoms with Crippen LogP contribution >= 0.6 is 0 Å². The van der Waals surface area contributed by atoms with Crippen LogP contribution < -0.4 is 0 Å². The van der Waals surface area contributed by atoms with Gasteiger partial charge >= 0.3 is 0 Å². The van der Waals surface area contributed by atoms with Crippen molar-refractivity contribution in [2.45, 2.75) is 65.4 Å². The normalized spacial score (nSPS) is 27.2. The van der Waals surface area contributed by atoms with Gasteiger partial charge in [-0.3, -0.25) is 0 Å². The van der Waals surface area contributed by atoms with E-state index in [9.17, 15) is 5.11 Å². The van der Waals surface area contributed by atoms with Gasteiger partial charge in [0.1, 0.15) is 6.10 Å². The number of aliphatic hydroxyl groups is 1. The van der Waals surface area contributed by atoms with Crippen molar-refractivity contribution in [1.82, 2.24) is 10.1 Å². The summed E-state index contributed by atoms with van der Waals surface area (Å²) in [6.07, 6.45) is 4.04. The van der Waals surface area contributed by atoms with Gasteiger partial charge < -0.3 is 9.63 Å². The lowest BCUT2D eigenvalue weighted by atomic mass is 9.70. The van der Waals surface area contributed by atoms with E-state index in [2.05, 4.69) is 30.9 Å². The Bertz CT molecular complexity index is 385. The maximum atomic E-state index is 9.39. The minimum Gasteiger partial charge on any atom is -0.384 e. The van der Waals surface area contributed by atoms with Gasteiger partial charge in [0.25, 0.3) is 5.89 Å². The Morgan fingerprint density at radius 3 is 2.28 bits per heavy atom. The number of nitrogens with zero attached hydrogens (tertiary/aromatic N) is 2. The first-order valence-corrected chi connectivity index (χ1v) is 6.89. The first kappa shape index (κ1) is 13.5. The van der Waals surface area contributed by atoms with Crippen LogP contribution in [0, 0.1) is 11.3 Å². The average molecular weight is 252 g/mol. The van der Waals surface area contributed by atoms with E-state index in [-0.39, 0.29) is 0 Å². The highest BCUT2D eigenvalue weighted by molar-refractivity contribution is 4.99. The molecule has 1 aromatic rings. The summed E-state index contributed by atoms with van der Waals surface area (Å²) in [6, 6.07) is 0. The van der Waals surface area contributed by atoms with E-state index in [0.717, 1.165) is 24.6 Å². The average Bonchev–Trinajstić information content (AvgIpc) is 2.77. The van der Waals surface area contributed by atoms with Gasteiger partial charge in [-0.25, -0.2) is 0 Å². The van der Waals surface area contributed by atoms with Crippen molar-refractivity contribution in [2.75, 3.05) is 0 Å². The second-order valence-electron chi connectivity index (χ2n) is 6.58. The SMILES string of the molecule is C[C@@H](O)c1nc(C2CCC(C(C)(C)C)CC2)no1. The summed E-state index contributed by atoms with van der Waals surface area (Å²) in [4.78, 5) is 4.29. The predicted octanol–water partition coefficient (Wildman–Crippen LogP) is 3.44. The fraction of sp³-hybridized carbons (Fsp3) is 0.857. The highest BCUT2D eigenvalue weighted by atomic mass is 16.5. The molecule has 1 fully saturated rings. The highest BCUT2D eigenvalue weighted by Gasteiger charge is 2.32. The van der Waals surface area contributed by atoms with E-state index in [0.29, 0.717) is 17.2 Å². The molecule has 1 N–H and O–H groups in total. The van der Waals surface area contributed by atoms with E-state index in [1.165, 1.54) is 12.8 Å². The molecule has 0 aliphatic heterocycles. The third kappa shape index (κ3) is 2.91. The van der Waals surface area contributed by atoms with Crippen molar-refractivity contribution in [1.29, 1.82) is 0 Å². The van der Waals surface area contributed by atoms with Crippen LogP contribution in [0.2, 0.25) is 0 Å². The Kier molecular flexibility index (Phi) is 3.76. The maximum absolute atomic E-state index is 9.39. The van der Waals surface area contributed by atoms with Gasteiger partial charge in [-0.1, -0.05) is 25.9 Å². The molecule has 1 saturated carbocycles. The van der Waals surface area contributed by atoms with Crippen molar-refractivity contribution in [3.63, 3.8) is 0 Å². The fourth-order valence-electron chi connectivity index (χ4n) is 2.80. The molecule has 0 saturated heterocycles. The maximum Gasteiger partial charge on any atom is 0.255 e. The lowest BCUT2D eigenvalue weighted by Crippen LogP contribution is -2.25. The molecule has 1 aliphatic rings. The van der Waals surface area contributed by atoms with Gasteiger partial charge in [0.05, 0.1) is 0 Å². The quantitative estimate of drug-likeness (QED) is 0.875. The van der Waals surface area contributed by atoms with Crippen LogP contribution in [0.3, 0.4) is 0 Å². The molecular formula is C14H24N2O2. The molecule has 2 rings (SSSR count). The van der Waals surface area contributed by atoms with Crippen molar-refractivity contribution in [3.05, 3.63) is 11.7 Å². The lowest BCUT2D eigenvalue weighted by molar-refractivity contribution is 0.151. The molecule has 0 aromatic carbocycles. The first-order chi connectivity index (χ1) is 8.38. The summed E-state index contributed by atoms with van der Waals surface area (Å²) in [6.45, 7) is 8.60. The van der Waals surface area contributed by atoms with Crippen molar-refractivity contribution >= 4 is 0 Å². The van der Waals surface area contributed by atoms with Gasteiger partial charge in [-0.05, 0) is 43.9 Å². The van der Waals surface area contributed by atoms with E-state index in [4.69, 9.17) is 4.52 Å². The molecule has 18 heavy (non-hydrogen) atoms. The molecule has 0 spiro atoms. The molecule has 1 atom stereocenters. The monoisotopic (exact) mass is 252 g/mol. The Morgan fingerprint density at radius 1 is 1.22 bits per heavy atom. The van der Waals surface area contributed by atoms with Gasteiger partial charge in [0, 0.05) is 5.92 Å². The molecule has 102 valence electrons. The number of aromatic nitrogens is 2. The van der Waals surface area contributed by atoms with Gasteiger partial charge in [0.15, 0.2) is 5.82 Å². The van der Waals surface area contributed by atoms with E-state index in [1.54, 1.807) is 6.92 Å². The Labute approximate surface area is 109 Å². The van der Waals surface area contributed by atoms with Gasteiger partial charge in [-0.2, -0.15) is 4.98 Å². The fourth-order valence-corrected chi connectivity index (χ4v) is 2.80. The van der Waals surface area contributed by atoms with Crippen molar-refractivity contribution in [3.8, 4) is 0 Å². The van der Waals surface area contributed by atoms with Crippen LogP contribution in [0.15, 0.2) is 4.52 Å². The molecule has 4 nitrogen and oxygen atoms in total. The van der Waals surface area contributed by atoms with Crippen LogP contribution in [-0.4, -0.2) is 15.2 Å². The van der Waals surface area contributed by atoms with Crippen molar-refractivity contribution < 1.29 is 9.63 Å². The zero-order chi connectivity index (χ0) is 13.3. The molecule has 4 heteroatoms. The minimum absolute atomic E-state index is 0.336. The second-order valence-corrected chi connectivity index (χ2v) is 6.58. The van der Waals surface area contributed by atoms with Crippen LogP contribution in [0.1, 0.15) is 77.1 Å². The van der Waals surface area contributed by atoms with Gasteiger partial charge in [-0.15, -0.1) is 0 Å². The summed E-state index contributed by atoms with van der Waals surface area (Å²) >= 11 is 0. The molecule has 1 heterocycles. The number of rotatable bonds is 2. The largest absolute Gasteiger partial charge is 0.384 e. The Morgan fingerprint density at radius 2 is 1.83 bits per heavy atom. The molecule has 0 radical (unpaired) electrons. The topological polar surface area (TPSA) is 59.2 Å². The summed E-state index contributed by atoms with van der Waals surface area (Å²) in [5.41, 5.74) is 0.396.